The monoisotopic (exact) mass is 737 g/mol. The van der Waals surface area contributed by atoms with E-state index in [9.17, 15) is 14.9 Å². The van der Waals surface area contributed by atoms with E-state index in [1.165, 1.54) is 24.0 Å². The van der Waals surface area contributed by atoms with E-state index in [1.807, 2.05) is 11.8 Å². The largest absolute Gasteiger partial charge is 0.442 e. The zero-order chi connectivity index (χ0) is 32.1. The van der Waals surface area contributed by atoms with Gasteiger partial charge in [-0.25, -0.2) is 18.0 Å². The van der Waals surface area contributed by atoms with Crippen LogP contribution in [0.1, 0.15) is 32.8 Å². The second kappa shape index (κ2) is 10.4. The van der Waals surface area contributed by atoms with E-state index in [0.717, 1.165) is 24.6 Å². The number of alkyl halides is 1. The normalized spacial score (nSPS) is 36.3. The molecule has 0 aromatic heterocycles. The molecule has 2 saturated carbocycles. The standard InChI is InChI=1S/C31H31F3IN5O5/c1-15-9-29(15,3)45-27-26(44-27)39-12-24-30(13-36,31(24,14-39)35-37)25-22(33)6-17(7-23(25)34)20-5-4-18(8-21(20)32)40-11-19(43-28(40)42)10-38-16(2)41/h4-8,15,19,24,26-27,37H,9-12,14H2,1-3H3,(H,38,41)/t15?,19-,24+,26?,27?,29?,30-,31?/m0/s1. The number of nitriles is 1. The maximum atomic E-state index is 15.9. The summed E-state index contributed by atoms with van der Waals surface area (Å²) in [6, 6.07) is 8.10. The first-order valence-electron chi connectivity index (χ1n) is 14.7. The Morgan fingerprint density at radius 1 is 1.22 bits per heavy atom. The second-order valence-electron chi connectivity index (χ2n) is 12.8. The number of cyclic esters (lactones) is 1. The Hall–Kier alpha value is -3.13. The Bertz CT molecular complexity index is 1670. The number of carbonyl (C=O) groups is 2. The van der Waals surface area contributed by atoms with Crippen LogP contribution in [0, 0.1) is 44.2 Å². The highest BCUT2D eigenvalue weighted by Gasteiger charge is 2.83. The van der Waals surface area contributed by atoms with Crippen LogP contribution in [0.4, 0.5) is 23.7 Å². The van der Waals surface area contributed by atoms with E-state index in [4.69, 9.17) is 17.8 Å². The van der Waals surface area contributed by atoms with Crippen molar-refractivity contribution in [3.8, 4) is 17.2 Å². The van der Waals surface area contributed by atoms with Crippen LogP contribution >= 0.6 is 21.0 Å². The van der Waals surface area contributed by atoms with Gasteiger partial charge in [-0.1, -0.05) is 6.92 Å². The lowest BCUT2D eigenvalue weighted by Crippen LogP contribution is -2.38. The third-order valence-corrected chi connectivity index (χ3v) is 13.0. The summed E-state index contributed by atoms with van der Waals surface area (Å²) >= 11 is -1.36. The molecule has 5 aliphatic rings. The number of benzene rings is 2. The van der Waals surface area contributed by atoms with Gasteiger partial charge >= 0.3 is 6.09 Å². The summed E-state index contributed by atoms with van der Waals surface area (Å²) in [6.45, 7) is 6.37. The van der Waals surface area contributed by atoms with Crippen LogP contribution in [0.15, 0.2) is 30.3 Å². The van der Waals surface area contributed by atoms with E-state index < -0.39 is 65.4 Å². The molecule has 14 heteroatoms. The lowest BCUT2D eigenvalue weighted by Gasteiger charge is -2.25. The summed E-state index contributed by atoms with van der Waals surface area (Å²) in [7, 11) is 0. The minimum atomic E-state index is -1.49. The number of epoxide rings is 1. The molecule has 2 aliphatic carbocycles. The number of anilines is 1. The molecular formula is C31H31F3IN5O5. The van der Waals surface area contributed by atoms with Crippen molar-refractivity contribution in [1.29, 1.82) is 8.82 Å². The number of nitrogens with zero attached hydrogens (tertiary/aromatic N) is 3. The first-order chi connectivity index (χ1) is 21.4. The Kier molecular flexibility index (Phi) is 7.08. The molecule has 7 rings (SSSR count). The average molecular weight is 738 g/mol. The van der Waals surface area contributed by atoms with Crippen molar-refractivity contribution in [3.05, 3.63) is 53.3 Å². The average Bonchev–Trinajstić information content (AvgIpc) is 3.87. The van der Waals surface area contributed by atoms with Gasteiger partial charge in [-0.2, -0.15) is 5.26 Å². The van der Waals surface area contributed by atoms with E-state index in [2.05, 4.69) is 18.3 Å². The fraction of sp³-hybridized carbons (Fsp3) is 0.516. The molecule has 238 valence electrons. The molecule has 8 atom stereocenters. The van der Waals surface area contributed by atoms with Gasteiger partial charge in [-0.15, -0.1) is 0 Å². The van der Waals surface area contributed by atoms with Crippen molar-refractivity contribution in [3.63, 3.8) is 0 Å². The van der Waals surface area contributed by atoms with Gasteiger partial charge in [-0.3, -0.25) is 18.2 Å². The van der Waals surface area contributed by atoms with Crippen LogP contribution in [0.25, 0.3) is 11.1 Å². The van der Waals surface area contributed by atoms with Crippen LogP contribution in [0.2, 0.25) is 0 Å². The molecule has 5 unspecified atom stereocenters. The lowest BCUT2D eigenvalue weighted by molar-refractivity contribution is -0.119. The van der Waals surface area contributed by atoms with E-state index >= 15 is 13.2 Å². The molecule has 0 radical (unpaired) electrons. The maximum absolute atomic E-state index is 15.9. The molecule has 3 heterocycles. The Morgan fingerprint density at radius 3 is 2.51 bits per heavy atom. The van der Waals surface area contributed by atoms with Gasteiger partial charge in [0.1, 0.15) is 29.0 Å². The number of fused-ring (bicyclic) bond motifs is 1. The Balaban J connectivity index is 1.09. The van der Waals surface area contributed by atoms with E-state index in [1.54, 1.807) is 0 Å². The SMILES string of the molecule is CC(=O)NC[C@H]1CN(c2ccc(-c3cc(F)c([C@]4(C#N)[C@H]5CN(C6OC6OC6(C)CC6C)CC54I=N)c(F)c3)c(F)c2)C(=O)O1. The highest BCUT2D eigenvalue weighted by molar-refractivity contribution is 14.2. The van der Waals surface area contributed by atoms with Gasteiger partial charge in [0.2, 0.25) is 5.91 Å². The molecular weight excluding hydrogens is 706 g/mol. The molecule has 2 amide bonds. The highest BCUT2D eigenvalue weighted by atomic mass is 127. The van der Waals surface area contributed by atoms with Crippen molar-refractivity contribution < 1.29 is 37.0 Å². The zero-order valence-corrected chi connectivity index (χ0v) is 26.9. The number of amides is 2. The number of piperidine rings is 1. The molecule has 3 aliphatic heterocycles. The van der Waals surface area contributed by atoms with Crippen molar-refractivity contribution in [2.45, 2.75) is 60.3 Å². The number of rotatable bonds is 9. The van der Waals surface area contributed by atoms with Gasteiger partial charge in [0.15, 0.2) is 12.5 Å². The predicted molar refractivity (Wildman–Crippen MR) is 162 cm³/mol. The topological polar surface area (TPSA) is 131 Å². The summed E-state index contributed by atoms with van der Waals surface area (Å²) in [5, 5.41) is 12.9. The van der Waals surface area contributed by atoms with Gasteiger partial charge in [0.25, 0.3) is 0 Å². The fourth-order valence-corrected chi connectivity index (χ4v) is 9.87. The maximum Gasteiger partial charge on any atom is 0.414 e. The quantitative estimate of drug-likeness (QED) is 0.213. The predicted octanol–water partition coefficient (Wildman–Crippen LogP) is 4.91. The summed E-state index contributed by atoms with van der Waals surface area (Å²) in [5.74, 6) is -2.99. The van der Waals surface area contributed by atoms with Gasteiger partial charge in [0, 0.05) is 37.1 Å². The van der Waals surface area contributed by atoms with Gasteiger partial charge in [-0.05, 0) is 76.2 Å². The fourth-order valence-electron chi connectivity index (χ4n) is 7.19. The molecule has 45 heavy (non-hydrogen) atoms. The summed E-state index contributed by atoms with van der Waals surface area (Å²) in [6.07, 6.45) is -1.04. The van der Waals surface area contributed by atoms with Crippen LogP contribution in [0.3, 0.4) is 0 Å². The molecule has 5 fully saturated rings. The number of ether oxygens (including phenoxy) is 3. The number of hydrogen-bond donors (Lipinski definition) is 2. The third-order valence-electron chi connectivity index (χ3n) is 10.1. The smallest absolute Gasteiger partial charge is 0.414 e. The lowest BCUT2D eigenvalue weighted by atomic mass is 9.88. The summed E-state index contributed by atoms with van der Waals surface area (Å²) in [4.78, 5) is 26.8. The van der Waals surface area contributed by atoms with Crippen LogP contribution in [-0.4, -0.2) is 70.7 Å². The third kappa shape index (κ3) is 4.68. The molecule has 0 spiro atoms. The molecule has 2 aromatic carbocycles. The molecule has 0 bridgehead atoms. The van der Waals surface area contributed by atoms with Crippen LogP contribution in [-0.2, 0) is 24.4 Å². The van der Waals surface area contributed by atoms with Crippen molar-refractivity contribution in [2.24, 2.45) is 11.8 Å². The summed E-state index contributed by atoms with van der Waals surface area (Å²) < 4.78 is 71.7. The minimum Gasteiger partial charge on any atom is -0.442 e. The van der Waals surface area contributed by atoms with Crippen LogP contribution in [0.5, 0.6) is 0 Å². The first-order valence-corrected chi connectivity index (χ1v) is 16.9. The first kappa shape index (κ1) is 30.5. The minimum absolute atomic E-state index is 0.0605. The zero-order valence-electron chi connectivity index (χ0n) is 24.7. The number of hydrogen-bond acceptors (Lipinski definition) is 8. The van der Waals surface area contributed by atoms with Gasteiger partial charge < -0.3 is 19.5 Å². The van der Waals surface area contributed by atoms with Crippen LogP contribution < -0.4 is 10.2 Å². The molecule has 10 nitrogen and oxygen atoms in total. The molecule has 2 aromatic rings. The Labute approximate surface area is 267 Å². The van der Waals surface area contributed by atoms with Crippen molar-refractivity contribution >= 4 is 38.7 Å². The molecule has 2 N–H and O–H groups in total. The summed E-state index contributed by atoms with van der Waals surface area (Å²) in [5.41, 5.74) is -2.01. The van der Waals surface area contributed by atoms with Gasteiger partial charge in [0.05, 0.1) is 33.9 Å². The van der Waals surface area contributed by atoms with Crippen molar-refractivity contribution in [1.82, 2.24) is 10.2 Å². The highest BCUT2D eigenvalue weighted by Crippen LogP contribution is 2.74. The number of halogens is 4. The number of nitrogens with one attached hydrogen (secondary N) is 2. The Morgan fingerprint density at radius 2 is 1.93 bits per heavy atom. The van der Waals surface area contributed by atoms with E-state index in [-0.39, 0.29) is 59.5 Å². The van der Waals surface area contributed by atoms with E-state index in [0.29, 0.717) is 19.0 Å². The second-order valence-corrected chi connectivity index (χ2v) is 15.3. The molecule has 3 saturated heterocycles. The number of carbonyl (C=O) groups excluding carboxylic acids is 2. The number of likely N-dealkylation sites (tertiary alicyclic amines) is 1. The van der Waals surface area contributed by atoms with Crippen molar-refractivity contribution in [2.75, 3.05) is 31.1 Å².